The van der Waals surface area contributed by atoms with Crippen molar-refractivity contribution < 1.29 is 73.4 Å². The van der Waals surface area contributed by atoms with Crippen molar-refractivity contribution in [2.45, 2.75) is 0 Å². The van der Waals surface area contributed by atoms with Crippen molar-refractivity contribution in [3.05, 3.63) is 0 Å². The predicted octanol–water partition coefficient (Wildman–Crippen LogP) is -3.00. The van der Waals surface area contributed by atoms with Crippen molar-refractivity contribution in [3.8, 4) is 0 Å². The normalized spacial score (nSPS) is 6.00. The molecule has 0 aliphatic rings. The van der Waals surface area contributed by atoms with Crippen molar-refractivity contribution in [1.29, 1.82) is 0 Å². The number of hydrogen-bond donors (Lipinski definition) is 2. The fraction of sp³-hybridized carbons (Fsp3) is 0. The zero-order valence-corrected chi connectivity index (χ0v) is 5.83. The van der Waals surface area contributed by atoms with E-state index in [1.807, 2.05) is 0 Å². The summed E-state index contributed by atoms with van der Waals surface area (Å²) in [6.45, 7) is 0. The van der Waals surface area contributed by atoms with E-state index in [9.17, 15) is 0 Å². The van der Waals surface area contributed by atoms with Gasteiger partial charge in [-0.1, -0.05) is 0 Å². The topological polar surface area (TPSA) is 58.9 Å². The minimum Gasteiger partial charge on any atom is -1.00 e. The molecule has 0 rings (SSSR count). The van der Waals surface area contributed by atoms with Crippen LogP contribution in [0.1, 0.15) is 1.43 Å². The van der Waals surface area contributed by atoms with Crippen LogP contribution in [0, 0.1) is 0 Å². The predicted molar refractivity (Wildman–Crippen MR) is 8.54 cm³/mol. The molecular formula is H3KO4. The Balaban J connectivity index is -0.0000000450. The molecule has 0 amide bonds. The molecule has 5 heteroatoms. The largest absolute Gasteiger partial charge is 1.00 e. The van der Waals surface area contributed by atoms with Crippen LogP contribution in [0.2, 0.25) is 0 Å². The maximum Gasteiger partial charge on any atom is 1.00 e. The molecule has 4 nitrogen and oxygen atoms in total. The van der Waals surface area contributed by atoms with Crippen LogP contribution in [-0.4, -0.2) is 10.5 Å². The standard InChI is InChI=1S/K.H2O4.H/c;1-3-4-2;/h;1-2H;/q+1;;-1. The fourth-order valence-electron chi connectivity index (χ4n) is 0. The van der Waals surface area contributed by atoms with Gasteiger partial charge in [0.25, 0.3) is 0 Å². The van der Waals surface area contributed by atoms with Gasteiger partial charge in [0, 0.05) is 0 Å². The summed E-state index contributed by atoms with van der Waals surface area (Å²) >= 11 is 0. The average Bonchev–Trinajstić information content (AvgIpc) is 1.37. The van der Waals surface area contributed by atoms with E-state index >= 15 is 0 Å². The Morgan fingerprint density at radius 2 is 1.40 bits per heavy atom. The molecule has 28 valence electrons. The second-order valence-electron chi connectivity index (χ2n) is 0.149. The first kappa shape index (κ1) is 9.69. The molecule has 0 unspecified atom stereocenters. The first-order valence-corrected chi connectivity index (χ1v) is 0.532. The molecule has 0 radical (unpaired) electrons. The fourth-order valence-corrected chi connectivity index (χ4v) is 0. The molecular weight excluding hydrogens is 103 g/mol. The van der Waals surface area contributed by atoms with Crippen molar-refractivity contribution in [2.75, 3.05) is 0 Å². The molecule has 0 aromatic carbocycles. The van der Waals surface area contributed by atoms with Gasteiger partial charge in [-0.2, -0.15) is 0 Å². The zero-order valence-electron chi connectivity index (χ0n) is 3.71. The number of hydrogen-bond acceptors (Lipinski definition) is 4. The molecule has 5 heavy (non-hydrogen) atoms. The molecule has 0 aliphatic heterocycles. The average molecular weight is 106 g/mol. The quantitative estimate of drug-likeness (QED) is 0.212. The van der Waals surface area contributed by atoms with Crippen LogP contribution in [0.15, 0.2) is 0 Å². The summed E-state index contributed by atoms with van der Waals surface area (Å²) in [6, 6.07) is 0. The molecule has 0 saturated carbocycles. The van der Waals surface area contributed by atoms with Gasteiger partial charge in [0.2, 0.25) is 0 Å². The van der Waals surface area contributed by atoms with Gasteiger partial charge in [0.15, 0.2) is 0 Å². The van der Waals surface area contributed by atoms with Gasteiger partial charge < -0.3 is 1.43 Å². The second kappa shape index (κ2) is 9.08. The Morgan fingerprint density at radius 3 is 1.40 bits per heavy atom. The van der Waals surface area contributed by atoms with Gasteiger partial charge in [-0.15, -0.1) is 0 Å². The number of rotatable bonds is 1. The SMILES string of the molecule is OOOO.[H-].[K+]. The van der Waals surface area contributed by atoms with Crippen molar-refractivity contribution in [2.24, 2.45) is 0 Å². The monoisotopic (exact) mass is 106 g/mol. The van der Waals surface area contributed by atoms with Crippen LogP contribution in [-0.2, 0) is 10.1 Å². The van der Waals surface area contributed by atoms with Crippen LogP contribution in [0.4, 0.5) is 0 Å². The van der Waals surface area contributed by atoms with Crippen LogP contribution < -0.4 is 51.4 Å². The van der Waals surface area contributed by atoms with E-state index < -0.39 is 0 Å². The third kappa shape index (κ3) is 10.8. The molecule has 0 saturated heterocycles. The summed E-state index contributed by atoms with van der Waals surface area (Å²) in [5, 5.41) is 19.0. The van der Waals surface area contributed by atoms with E-state index in [4.69, 9.17) is 10.5 Å². The summed E-state index contributed by atoms with van der Waals surface area (Å²) in [7, 11) is 0. The minimum absolute atomic E-state index is 0. The van der Waals surface area contributed by atoms with Crippen molar-refractivity contribution >= 4 is 0 Å². The van der Waals surface area contributed by atoms with E-state index in [2.05, 4.69) is 10.1 Å². The van der Waals surface area contributed by atoms with Gasteiger partial charge in [-0.25, -0.2) is 10.5 Å². The molecule has 0 bridgehead atoms. The van der Waals surface area contributed by atoms with Gasteiger partial charge in [-0.05, 0) is 10.1 Å². The smallest absolute Gasteiger partial charge is 1.00 e. The summed E-state index contributed by atoms with van der Waals surface area (Å²) in [5.41, 5.74) is 0. The van der Waals surface area contributed by atoms with E-state index in [1.54, 1.807) is 0 Å². The Kier molecular flexibility index (Phi) is 17.6. The molecule has 2 N–H and O–H groups in total. The first-order valence-electron chi connectivity index (χ1n) is 0.532. The summed E-state index contributed by atoms with van der Waals surface area (Å²) < 4.78 is 0. The summed E-state index contributed by atoms with van der Waals surface area (Å²) in [4.78, 5) is 0. The van der Waals surface area contributed by atoms with E-state index in [0.717, 1.165) is 0 Å². The Labute approximate surface area is 72.4 Å². The molecule has 0 aromatic heterocycles. The van der Waals surface area contributed by atoms with Crippen molar-refractivity contribution in [1.82, 2.24) is 0 Å². The van der Waals surface area contributed by atoms with Gasteiger partial charge in [0.05, 0.1) is 0 Å². The molecule has 0 aliphatic carbocycles. The second-order valence-corrected chi connectivity index (χ2v) is 0.149. The van der Waals surface area contributed by atoms with E-state index in [0.29, 0.717) is 0 Å². The van der Waals surface area contributed by atoms with Gasteiger partial charge >= 0.3 is 51.4 Å². The van der Waals surface area contributed by atoms with Crippen LogP contribution in [0.3, 0.4) is 0 Å². The Morgan fingerprint density at radius 1 is 1.20 bits per heavy atom. The maximum atomic E-state index is 6.90. The molecule has 0 fully saturated rings. The molecule has 0 atom stereocenters. The van der Waals surface area contributed by atoms with Crippen molar-refractivity contribution in [3.63, 3.8) is 0 Å². The van der Waals surface area contributed by atoms with E-state index in [-0.39, 0.29) is 52.8 Å². The third-order valence-electron chi connectivity index (χ3n) is 0.0333. The zero-order chi connectivity index (χ0) is 3.41. The minimum atomic E-state index is 0. The van der Waals surface area contributed by atoms with Crippen LogP contribution in [0.5, 0.6) is 0 Å². The van der Waals surface area contributed by atoms with Crippen LogP contribution in [0.25, 0.3) is 0 Å². The third-order valence-corrected chi connectivity index (χ3v) is 0.0333. The maximum absolute atomic E-state index is 6.90. The van der Waals surface area contributed by atoms with Gasteiger partial charge in [0.1, 0.15) is 0 Å². The molecule has 0 heterocycles. The van der Waals surface area contributed by atoms with E-state index in [1.165, 1.54) is 0 Å². The Bertz CT molecular complexity index is 9.51. The Hall–Kier alpha value is 1.48. The summed E-state index contributed by atoms with van der Waals surface area (Å²) in [5.74, 6) is 0. The summed E-state index contributed by atoms with van der Waals surface area (Å²) in [6.07, 6.45) is 0. The van der Waals surface area contributed by atoms with Crippen LogP contribution >= 0.6 is 0 Å². The molecule has 0 aromatic rings. The van der Waals surface area contributed by atoms with Gasteiger partial charge in [-0.3, -0.25) is 0 Å². The first-order chi connectivity index (χ1) is 1.91. The molecule has 0 spiro atoms.